The van der Waals surface area contributed by atoms with E-state index >= 15 is 0 Å². The lowest BCUT2D eigenvalue weighted by atomic mass is 10.1. The van der Waals surface area contributed by atoms with Crippen LogP contribution in [0.4, 0.5) is 0 Å². The molecular weight excluding hydrogens is 412 g/mol. The van der Waals surface area contributed by atoms with Gasteiger partial charge < -0.3 is 4.74 Å². The number of carbonyl (C=O) groups is 1. The third kappa shape index (κ3) is 3.64. The Morgan fingerprint density at radius 3 is 2.66 bits per heavy atom. The average Bonchev–Trinajstić information content (AvgIpc) is 3.16. The van der Waals surface area contributed by atoms with Crippen molar-refractivity contribution in [1.29, 1.82) is 0 Å². The van der Waals surface area contributed by atoms with E-state index in [1.807, 2.05) is 12.1 Å². The highest BCUT2D eigenvalue weighted by molar-refractivity contribution is 7.99. The van der Waals surface area contributed by atoms with Gasteiger partial charge in [-0.25, -0.2) is 0 Å². The summed E-state index contributed by atoms with van der Waals surface area (Å²) in [4.78, 5) is 25.3. The third-order valence-electron chi connectivity index (χ3n) is 4.29. The van der Waals surface area contributed by atoms with Crippen molar-refractivity contribution in [2.75, 3.05) is 12.9 Å². The first kappa shape index (κ1) is 19.2. The monoisotopic (exact) mass is 426 g/mol. The molecule has 2 aromatic carbocycles. The number of fused-ring (bicyclic) bond motifs is 1. The van der Waals surface area contributed by atoms with Gasteiger partial charge in [-0.1, -0.05) is 47.6 Å². The number of nitrogens with zero attached hydrogens (tertiary/aromatic N) is 4. The van der Waals surface area contributed by atoms with Crippen molar-refractivity contribution in [2.45, 2.75) is 5.16 Å². The Morgan fingerprint density at radius 1 is 1.10 bits per heavy atom. The van der Waals surface area contributed by atoms with Crippen LogP contribution < -0.4 is 10.3 Å². The summed E-state index contributed by atoms with van der Waals surface area (Å²) in [5, 5.41) is 8.93. The first-order valence-corrected chi connectivity index (χ1v) is 9.97. The van der Waals surface area contributed by atoms with Gasteiger partial charge in [0.25, 0.3) is 0 Å². The Labute approximate surface area is 174 Å². The lowest BCUT2D eigenvalue weighted by molar-refractivity contribution is 0.102. The van der Waals surface area contributed by atoms with Crippen LogP contribution in [0, 0.1) is 0 Å². The molecule has 4 aromatic rings. The number of methoxy groups -OCH3 is 1. The minimum atomic E-state index is -0.339. The Kier molecular flexibility index (Phi) is 5.37. The summed E-state index contributed by atoms with van der Waals surface area (Å²) in [6, 6.07) is 14.1. The van der Waals surface area contributed by atoms with Crippen LogP contribution >= 0.6 is 23.4 Å². The molecular formula is C20H15ClN4O3S. The molecule has 0 aliphatic rings. The van der Waals surface area contributed by atoms with E-state index in [-0.39, 0.29) is 22.7 Å². The lowest BCUT2D eigenvalue weighted by Crippen LogP contribution is -2.20. The molecule has 0 atom stereocenters. The SMILES string of the molecule is COc1ccccc1-n1ccn2c(SCC(=O)c3ccccc3Cl)nnc2c1=O. The highest BCUT2D eigenvalue weighted by Crippen LogP contribution is 2.23. The Hall–Kier alpha value is -3.10. The normalized spacial score (nSPS) is 11.0. The number of aromatic nitrogens is 4. The fraction of sp³-hybridized carbons (Fsp3) is 0.100. The number of ether oxygens (including phenoxy) is 1. The van der Waals surface area contributed by atoms with E-state index in [1.54, 1.807) is 60.3 Å². The molecule has 4 rings (SSSR count). The molecule has 29 heavy (non-hydrogen) atoms. The van der Waals surface area contributed by atoms with Gasteiger partial charge in [-0.15, -0.1) is 10.2 Å². The minimum Gasteiger partial charge on any atom is -0.495 e. The van der Waals surface area contributed by atoms with Crippen molar-refractivity contribution in [3.63, 3.8) is 0 Å². The van der Waals surface area contributed by atoms with Gasteiger partial charge in [0, 0.05) is 18.0 Å². The highest BCUT2D eigenvalue weighted by atomic mass is 35.5. The molecule has 0 aliphatic heterocycles. The van der Waals surface area contributed by atoms with Crippen molar-refractivity contribution in [3.8, 4) is 11.4 Å². The number of rotatable bonds is 6. The maximum absolute atomic E-state index is 12.9. The van der Waals surface area contributed by atoms with Gasteiger partial charge in [0.1, 0.15) is 5.75 Å². The molecule has 0 unspecified atom stereocenters. The molecule has 2 heterocycles. The molecule has 0 spiro atoms. The molecule has 9 heteroatoms. The first-order valence-electron chi connectivity index (χ1n) is 8.60. The molecule has 0 bridgehead atoms. The van der Waals surface area contributed by atoms with Gasteiger partial charge in [-0.05, 0) is 24.3 Å². The zero-order valence-corrected chi connectivity index (χ0v) is 16.9. The number of ketones is 1. The maximum atomic E-state index is 12.9. The summed E-state index contributed by atoms with van der Waals surface area (Å²) in [6.45, 7) is 0. The molecule has 0 saturated heterocycles. The average molecular weight is 427 g/mol. The molecule has 0 N–H and O–H groups in total. The van der Waals surface area contributed by atoms with Crippen LogP contribution in [0.2, 0.25) is 5.02 Å². The van der Waals surface area contributed by atoms with Crippen molar-refractivity contribution in [2.24, 2.45) is 0 Å². The standard InChI is InChI=1S/C20H15ClN4O3S/c1-28-17-9-5-4-8-15(17)24-10-11-25-18(19(24)27)22-23-20(25)29-12-16(26)13-6-2-3-7-14(13)21/h2-11H,12H2,1H3. The highest BCUT2D eigenvalue weighted by Gasteiger charge is 2.16. The lowest BCUT2D eigenvalue weighted by Gasteiger charge is -2.10. The molecule has 0 saturated carbocycles. The van der Waals surface area contributed by atoms with Gasteiger partial charge in [-0.2, -0.15) is 0 Å². The maximum Gasteiger partial charge on any atom is 0.300 e. The molecule has 146 valence electrons. The number of Topliss-reactive ketones (excluding diaryl/α,β-unsaturated/α-hetero) is 1. The second-order valence-electron chi connectivity index (χ2n) is 6.01. The van der Waals surface area contributed by atoms with Crippen LogP contribution in [0.5, 0.6) is 5.75 Å². The van der Waals surface area contributed by atoms with Crippen molar-refractivity contribution in [3.05, 3.63) is 81.9 Å². The Balaban J connectivity index is 1.63. The van der Waals surface area contributed by atoms with Crippen LogP contribution in [0.3, 0.4) is 0 Å². The van der Waals surface area contributed by atoms with Crippen molar-refractivity contribution >= 4 is 34.8 Å². The molecule has 7 nitrogen and oxygen atoms in total. The van der Waals surface area contributed by atoms with E-state index < -0.39 is 0 Å². The van der Waals surface area contributed by atoms with Gasteiger partial charge in [0.2, 0.25) is 5.65 Å². The summed E-state index contributed by atoms with van der Waals surface area (Å²) in [6.07, 6.45) is 3.31. The fourth-order valence-electron chi connectivity index (χ4n) is 2.88. The zero-order valence-electron chi connectivity index (χ0n) is 15.3. The number of hydrogen-bond donors (Lipinski definition) is 0. The van der Waals surface area contributed by atoms with Crippen LogP contribution in [-0.4, -0.2) is 37.8 Å². The number of thioether (sulfide) groups is 1. The van der Waals surface area contributed by atoms with Gasteiger partial charge in [-0.3, -0.25) is 18.6 Å². The summed E-state index contributed by atoms with van der Waals surface area (Å²) in [7, 11) is 1.55. The second-order valence-corrected chi connectivity index (χ2v) is 7.36. The van der Waals surface area contributed by atoms with Gasteiger partial charge in [0.05, 0.1) is 23.6 Å². The van der Waals surface area contributed by atoms with Gasteiger partial charge in [0.15, 0.2) is 10.9 Å². The summed E-state index contributed by atoms with van der Waals surface area (Å²) in [5.41, 5.74) is 0.877. The smallest absolute Gasteiger partial charge is 0.300 e. The quantitative estimate of drug-likeness (QED) is 0.347. The topological polar surface area (TPSA) is 78.5 Å². The van der Waals surface area contributed by atoms with Crippen molar-refractivity contribution < 1.29 is 9.53 Å². The fourth-order valence-corrected chi connectivity index (χ4v) is 3.92. The van der Waals surface area contributed by atoms with Crippen LogP contribution in [-0.2, 0) is 0 Å². The number of benzene rings is 2. The summed E-state index contributed by atoms with van der Waals surface area (Å²) >= 11 is 7.27. The largest absolute Gasteiger partial charge is 0.495 e. The number of hydrogen-bond acceptors (Lipinski definition) is 6. The van der Waals surface area contributed by atoms with Crippen LogP contribution in [0.1, 0.15) is 10.4 Å². The Morgan fingerprint density at radius 2 is 1.86 bits per heavy atom. The molecule has 0 radical (unpaired) electrons. The third-order valence-corrected chi connectivity index (χ3v) is 5.56. The summed E-state index contributed by atoms with van der Waals surface area (Å²) in [5.74, 6) is 0.568. The molecule has 0 aliphatic carbocycles. The van der Waals surface area contributed by atoms with E-state index in [2.05, 4.69) is 10.2 Å². The molecule has 0 amide bonds. The number of carbonyl (C=O) groups excluding carboxylic acids is 1. The van der Waals surface area contributed by atoms with E-state index in [0.717, 1.165) is 0 Å². The predicted octanol–water partition coefficient (Wildman–Crippen LogP) is 3.52. The van der Waals surface area contributed by atoms with Crippen LogP contribution in [0.25, 0.3) is 11.3 Å². The first-order chi connectivity index (χ1) is 14.1. The molecule has 2 aromatic heterocycles. The summed E-state index contributed by atoms with van der Waals surface area (Å²) < 4.78 is 8.35. The van der Waals surface area contributed by atoms with E-state index in [0.29, 0.717) is 27.2 Å². The van der Waals surface area contributed by atoms with E-state index in [1.165, 1.54) is 16.3 Å². The van der Waals surface area contributed by atoms with Crippen molar-refractivity contribution in [1.82, 2.24) is 19.2 Å². The Bertz CT molecular complexity index is 1270. The number of para-hydroxylation sites is 2. The molecule has 0 fully saturated rings. The van der Waals surface area contributed by atoms with Crippen LogP contribution in [0.15, 0.2) is 70.9 Å². The van der Waals surface area contributed by atoms with Gasteiger partial charge >= 0.3 is 5.56 Å². The predicted molar refractivity (Wildman–Crippen MR) is 112 cm³/mol. The van der Waals surface area contributed by atoms with E-state index in [9.17, 15) is 9.59 Å². The minimum absolute atomic E-state index is 0.125. The second kappa shape index (κ2) is 8.10. The zero-order chi connectivity index (χ0) is 20.4. The van der Waals surface area contributed by atoms with E-state index in [4.69, 9.17) is 16.3 Å². The number of halogens is 1.